The van der Waals surface area contributed by atoms with Crippen LogP contribution in [0.4, 0.5) is 14.5 Å². The lowest BCUT2D eigenvalue weighted by Gasteiger charge is -2.37. The van der Waals surface area contributed by atoms with E-state index in [2.05, 4.69) is 33.4 Å². The molecule has 1 nitrogen and oxygen atoms in total. The van der Waals surface area contributed by atoms with Crippen molar-refractivity contribution in [2.75, 3.05) is 5.32 Å². The van der Waals surface area contributed by atoms with E-state index >= 15 is 0 Å². The van der Waals surface area contributed by atoms with E-state index in [0.29, 0.717) is 10.4 Å². The van der Waals surface area contributed by atoms with E-state index in [1.807, 2.05) is 18.2 Å². The first-order valence-corrected chi connectivity index (χ1v) is 7.39. The number of rotatable bonds is 3. The topological polar surface area (TPSA) is 12.0 Å². The van der Waals surface area contributed by atoms with Crippen LogP contribution in [0, 0.1) is 11.6 Å². The maximum atomic E-state index is 13.7. The molecule has 2 aromatic carbocycles. The molecule has 1 fully saturated rings. The number of anilines is 1. The van der Waals surface area contributed by atoms with E-state index in [1.54, 1.807) is 0 Å². The maximum absolute atomic E-state index is 13.7. The van der Waals surface area contributed by atoms with Crippen molar-refractivity contribution in [3.63, 3.8) is 0 Å². The highest BCUT2D eigenvalue weighted by atomic mass is 79.9. The lowest BCUT2D eigenvalue weighted by Crippen LogP contribution is -2.34. The molecule has 2 aromatic rings. The normalized spacial score (nSPS) is 21.4. The zero-order chi connectivity index (χ0) is 14.1. The molecule has 4 heteroatoms. The first-order valence-electron chi connectivity index (χ1n) is 6.59. The number of halogens is 3. The minimum Gasteiger partial charge on any atom is -0.378 e. The molecule has 0 atom stereocenters. The van der Waals surface area contributed by atoms with E-state index in [1.165, 1.54) is 17.7 Å². The van der Waals surface area contributed by atoms with Crippen molar-refractivity contribution >= 4 is 21.6 Å². The zero-order valence-corrected chi connectivity index (χ0v) is 12.3. The van der Waals surface area contributed by atoms with Crippen molar-refractivity contribution in [1.29, 1.82) is 0 Å². The number of hydrogen-bond donors (Lipinski definition) is 1. The Balaban J connectivity index is 1.65. The monoisotopic (exact) mass is 337 g/mol. The summed E-state index contributed by atoms with van der Waals surface area (Å²) in [6.07, 6.45) is 1.80. The quantitative estimate of drug-likeness (QED) is 0.822. The summed E-state index contributed by atoms with van der Waals surface area (Å²) < 4.78 is 27.9. The molecular formula is C16H14BrF2N. The predicted molar refractivity (Wildman–Crippen MR) is 79.9 cm³/mol. The summed E-state index contributed by atoms with van der Waals surface area (Å²) in [5.74, 6) is -0.629. The summed E-state index contributed by atoms with van der Waals surface area (Å²) in [6, 6.07) is 12.9. The number of nitrogens with one attached hydrogen (secondary N) is 1. The average molecular weight is 338 g/mol. The van der Waals surface area contributed by atoms with E-state index in [-0.39, 0.29) is 11.7 Å². The molecule has 104 valence electrons. The third-order valence-electron chi connectivity index (χ3n) is 3.76. The van der Waals surface area contributed by atoms with Crippen molar-refractivity contribution in [1.82, 2.24) is 0 Å². The summed E-state index contributed by atoms with van der Waals surface area (Å²) in [7, 11) is 0. The van der Waals surface area contributed by atoms with Gasteiger partial charge in [0.1, 0.15) is 17.3 Å². The van der Waals surface area contributed by atoms with Gasteiger partial charge in [0.15, 0.2) is 0 Å². The lowest BCUT2D eigenvalue weighted by molar-refractivity contribution is 0.371. The van der Waals surface area contributed by atoms with Gasteiger partial charge in [-0.25, -0.2) is 8.78 Å². The molecule has 1 saturated carbocycles. The van der Waals surface area contributed by atoms with Gasteiger partial charge in [-0.1, -0.05) is 46.3 Å². The van der Waals surface area contributed by atoms with Crippen molar-refractivity contribution < 1.29 is 8.78 Å². The van der Waals surface area contributed by atoms with Crippen LogP contribution in [0.25, 0.3) is 0 Å². The summed E-state index contributed by atoms with van der Waals surface area (Å²) in [4.78, 5) is 0. The fraction of sp³-hybridized carbons (Fsp3) is 0.250. The Morgan fingerprint density at radius 1 is 1.00 bits per heavy atom. The SMILES string of the molecule is Fc1cc(Br)cc(F)c1NC1CC(c2ccccc2)C1. The number of hydrogen-bond acceptors (Lipinski definition) is 1. The smallest absolute Gasteiger partial charge is 0.150 e. The van der Waals surface area contributed by atoms with Crippen molar-refractivity contribution in [3.8, 4) is 0 Å². The fourth-order valence-electron chi connectivity index (χ4n) is 2.62. The molecule has 0 radical (unpaired) electrons. The van der Waals surface area contributed by atoms with Crippen LogP contribution in [0.5, 0.6) is 0 Å². The third kappa shape index (κ3) is 2.70. The highest BCUT2D eigenvalue weighted by Crippen LogP contribution is 2.39. The average Bonchev–Trinajstić information content (AvgIpc) is 2.36. The van der Waals surface area contributed by atoms with Gasteiger partial charge in [0, 0.05) is 10.5 Å². The van der Waals surface area contributed by atoms with Crippen LogP contribution in [0.15, 0.2) is 46.9 Å². The Labute approximate surface area is 125 Å². The Morgan fingerprint density at radius 2 is 1.60 bits per heavy atom. The molecule has 0 heterocycles. The van der Waals surface area contributed by atoms with Crippen LogP contribution in [0.3, 0.4) is 0 Å². The Hall–Kier alpha value is -1.42. The highest BCUT2D eigenvalue weighted by Gasteiger charge is 2.31. The van der Waals surface area contributed by atoms with Crippen molar-refractivity contribution in [2.24, 2.45) is 0 Å². The van der Waals surface area contributed by atoms with E-state index < -0.39 is 11.6 Å². The van der Waals surface area contributed by atoms with Crippen molar-refractivity contribution in [3.05, 3.63) is 64.1 Å². The third-order valence-corrected chi connectivity index (χ3v) is 4.22. The molecule has 0 amide bonds. The van der Waals surface area contributed by atoms with Crippen LogP contribution < -0.4 is 5.32 Å². The van der Waals surface area contributed by atoms with Gasteiger partial charge in [0.2, 0.25) is 0 Å². The maximum Gasteiger partial charge on any atom is 0.150 e. The number of benzene rings is 2. The van der Waals surface area contributed by atoms with E-state index in [0.717, 1.165) is 12.8 Å². The van der Waals surface area contributed by atoms with Crippen molar-refractivity contribution in [2.45, 2.75) is 24.8 Å². The molecule has 20 heavy (non-hydrogen) atoms. The van der Waals surface area contributed by atoms with Crippen LogP contribution in [0.1, 0.15) is 24.3 Å². The molecule has 0 saturated heterocycles. The van der Waals surface area contributed by atoms with Crippen LogP contribution in [-0.4, -0.2) is 6.04 Å². The van der Waals surface area contributed by atoms with Gasteiger partial charge < -0.3 is 5.32 Å². The highest BCUT2D eigenvalue weighted by molar-refractivity contribution is 9.10. The minimum atomic E-state index is -0.556. The van der Waals surface area contributed by atoms with Gasteiger partial charge in [-0.05, 0) is 36.5 Å². The molecule has 0 spiro atoms. The Bertz CT molecular complexity index is 586. The predicted octanol–water partition coefficient (Wildman–Crippen LogP) is 5.09. The second-order valence-corrected chi connectivity index (χ2v) is 6.08. The van der Waals surface area contributed by atoms with Crippen LogP contribution >= 0.6 is 15.9 Å². The lowest BCUT2D eigenvalue weighted by atomic mass is 9.76. The largest absolute Gasteiger partial charge is 0.378 e. The van der Waals surface area contributed by atoms with Gasteiger partial charge in [0.25, 0.3) is 0 Å². The fourth-order valence-corrected chi connectivity index (χ4v) is 3.02. The molecule has 1 aliphatic carbocycles. The second-order valence-electron chi connectivity index (χ2n) is 5.16. The van der Waals surface area contributed by atoms with Gasteiger partial charge in [-0.3, -0.25) is 0 Å². The van der Waals surface area contributed by atoms with Gasteiger partial charge in [-0.2, -0.15) is 0 Å². The molecule has 1 aliphatic rings. The molecule has 0 bridgehead atoms. The van der Waals surface area contributed by atoms with Gasteiger partial charge >= 0.3 is 0 Å². The summed E-state index contributed by atoms with van der Waals surface area (Å²) in [5.41, 5.74) is 1.27. The second kappa shape index (κ2) is 5.52. The van der Waals surface area contributed by atoms with Crippen LogP contribution in [-0.2, 0) is 0 Å². The Kier molecular flexibility index (Phi) is 3.74. The first kappa shape index (κ1) is 13.6. The molecule has 0 aliphatic heterocycles. The molecule has 0 unspecified atom stereocenters. The summed E-state index contributed by atoms with van der Waals surface area (Å²) in [6.45, 7) is 0. The molecule has 0 aromatic heterocycles. The summed E-state index contributed by atoms with van der Waals surface area (Å²) in [5, 5.41) is 2.97. The Morgan fingerprint density at radius 3 is 2.20 bits per heavy atom. The summed E-state index contributed by atoms with van der Waals surface area (Å²) >= 11 is 3.08. The molecule has 1 N–H and O–H groups in total. The van der Waals surface area contributed by atoms with E-state index in [4.69, 9.17) is 0 Å². The van der Waals surface area contributed by atoms with Gasteiger partial charge in [-0.15, -0.1) is 0 Å². The van der Waals surface area contributed by atoms with E-state index in [9.17, 15) is 8.78 Å². The zero-order valence-electron chi connectivity index (χ0n) is 10.7. The standard InChI is InChI=1S/C16H14BrF2N/c17-12-8-14(18)16(15(19)9-12)20-13-6-11(7-13)10-4-2-1-3-5-10/h1-5,8-9,11,13,20H,6-7H2. The minimum absolute atomic E-state index is 0.0234. The first-order chi connectivity index (χ1) is 9.63. The van der Waals surface area contributed by atoms with Crippen LogP contribution in [0.2, 0.25) is 0 Å². The molecule has 3 rings (SSSR count). The van der Waals surface area contributed by atoms with Gasteiger partial charge in [0.05, 0.1) is 0 Å². The molecular weight excluding hydrogens is 324 g/mol.